The monoisotopic (exact) mass is 349 g/mol. The third kappa shape index (κ3) is 4.12. The van der Waals surface area contributed by atoms with Crippen molar-refractivity contribution in [3.8, 4) is 11.5 Å². The molecule has 1 aliphatic rings. The van der Waals surface area contributed by atoms with Gasteiger partial charge >= 0.3 is 0 Å². The first-order valence-corrected chi connectivity index (χ1v) is 8.50. The van der Waals surface area contributed by atoms with Crippen LogP contribution in [0.15, 0.2) is 47.4 Å². The zero-order valence-electron chi connectivity index (χ0n) is 12.5. The molecule has 6 heteroatoms. The molecule has 3 rings (SSSR count). The van der Waals surface area contributed by atoms with Crippen LogP contribution >= 0.6 is 23.4 Å². The largest absolute Gasteiger partial charge is 0.486 e. The maximum atomic E-state index is 12.3. The van der Waals surface area contributed by atoms with E-state index < -0.39 is 0 Å². The van der Waals surface area contributed by atoms with Crippen molar-refractivity contribution in [3.05, 3.63) is 47.5 Å². The lowest BCUT2D eigenvalue weighted by Gasteiger charge is -2.19. The molecule has 0 fully saturated rings. The van der Waals surface area contributed by atoms with E-state index in [4.69, 9.17) is 21.1 Å². The number of ether oxygens (including phenoxy) is 2. The van der Waals surface area contributed by atoms with Crippen molar-refractivity contribution in [1.82, 2.24) is 0 Å². The number of carbonyl (C=O) groups excluding carboxylic acids is 1. The Bertz CT molecular complexity index is 705. The van der Waals surface area contributed by atoms with Crippen molar-refractivity contribution in [3.63, 3.8) is 0 Å². The minimum Gasteiger partial charge on any atom is -0.486 e. The molecule has 1 N–H and O–H groups in total. The molecule has 0 saturated heterocycles. The van der Waals surface area contributed by atoms with E-state index in [0.29, 0.717) is 18.2 Å². The van der Waals surface area contributed by atoms with Crippen LogP contribution < -0.4 is 14.8 Å². The van der Waals surface area contributed by atoms with Crippen molar-refractivity contribution in [2.75, 3.05) is 18.5 Å². The number of fused-ring (bicyclic) bond motifs is 1. The molecule has 0 aliphatic carbocycles. The van der Waals surface area contributed by atoms with E-state index in [1.54, 1.807) is 24.3 Å². The highest BCUT2D eigenvalue weighted by Crippen LogP contribution is 2.35. The fourth-order valence-corrected chi connectivity index (χ4v) is 3.15. The van der Waals surface area contributed by atoms with Crippen LogP contribution in [0.4, 0.5) is 5.69 Å². The first-order chi connectivity index (χ1) is 11.1. The van der Waals surface area contributed by atoms with E-state index in [9.17, 15) is 4.79 Å². The number of carbonyl (C=O) groups is 1. The van der Waals surface area contributed by atoms with E-state index >= 15 is 0 Å². The van der Waals surface area contributed by atoms with Gasteiger partial charge in [-0.25, -0.2) is 0 Å². The summed E-state index contributed by atoms with van der Waals surface area (Å²) in [5.41, 5.74) is 0.731. The van der Waals surface area contributed by atoms with Crippen molar-refractivity contribution in [2.45, 2.75) is 17.1 Å². The van der Waals surface area contributed by atoms with Crippen LogP contribution in [-0.4, -0.2) is 24.4 Å². The summed E-state index contributed by atoms with van der Waals surface area (Å²) in [6.07, 6.45) is 0. The van der Waals surface area contributed by atoms with Gasteiger partial charge in [-0.15, -0.1) is 11.8 Å². The first kappa shape index (κ1) is 16.0. The number of benzene rings is 2. The number of halogens is 1. The molecule has 2 aromatic rings. The summed E-state index contributed by atoms with van der Waals surface area (Å²) >= 11 is 7.31. The van der Waals surface area contributed by atoms with Crippen molar-refractivity contribution < 1.29 is 14.3 Å². The molecule has 1 aliphatic heterocycles. The van der Waals surface area contributed by atoms with Crippen LogP contribution in [0.3, 0.4) is 0 Å². The normalized spacial score (nSPS) is 14.2. The summed E-state index contributed by atoms with van der Waals surface area (Å²) in [6, 6.07) is 12.8. The molecule has 1 heterocycles. The second-order valence-electron chi connectivity index (χ2n) is 5.06. The Morgan fingerprint density at radius 3 is 2.57 bits per heavy atom. The lowest BCUT2D eigenvalue weighted by atomic mass is 10.3. The van der Waals surface area contributed by atoms with Gasteiger partial charge in [0.25, 0.3) is 0 Å². The van der Waals surface area contributed by atoms with Crippen molar-refractivity contribution in [2.24, 2.45) is 0 Å². The SMILES string of the molecule is C[C@H](Sc1ccc2c(c1)OCCO2)C(=O)Nc1ccc(Cl)cc1. The van der Waals surface area contributed by atoms with Gasteiger partial charge in [-0.3, -0.25) is 4.79 Å². The van der Waals surface area contributed by atoms with Crippen LogP contribution in [-0.2, 0) is 4.79 Å². The number of hydrogen-bond donors (Lipinski definition) is 1. The molecule has 0 unspecified atom stereocenters. The summed E-state index contributed by atoms with van der Waals surface area (Å²) in [6.45, 7) is 2.99. The van der Waals surface area contributed by atoms with Gasteiger partial charge in [-0.2, -0.15) is 0 Å². The minimum absolute atomic E-state index is 0.0628. The Morgan fingerprint density at radius 2 is 1.83 bits per heavy atom. The van der Waals surface area contributed by atoms with Gasteiger partial charge in [-0.05, 0) is 49.4 Å². The molecular formula is C17H16ClNO3S. The van der Waals surface area contributed by atoms with Crippen LogP contribution in [0.2, 0.25) is 5.02 Å². The predicted molar refractivity (Wildman–Crippen MR) is 92.8 cm³/mol. The predicted octanol–water partition coefficient (Wildman–Crippen LogP) is 4.23. The summed E-state index contributed by atoms with van der Waals surface area (Å²) in [7, 11) is 0. The van der Waals surface area contributed by atoms with Gasteiger partial charge < -0.3 is 14.8 Å². The first-order valence-electron chi connectivity index (χ1n) is 7.24. The average Bonchev–Trinajstić information content (AvgIpc) is 2.56. The molecule has 0 aromatic heterocycles. The summed E-state index contributed by atoms with van der Waals surface area (Å²) in [4.78, 5) is 13.2. The Balaban J connectivity index is 1.62. The lowest BCUT2D eigenvalue weighted by Crippen LogP contribution is -2.22. The average molecular weight is 350 g/mol. The third-order valence-electron chi connectivity index (χ3n) is 3.31. The summed E-state index contributed by atoms with van der Waals surface area (Å²) < 4.78 is 11.1. The molecule has 0 bridgehead atoms. The zero-order chi connectivity index (χ0) is 16.2. The van der Waals surface area contributed by atoms with E-state index in [1.807, 2.05) is 25.1 Å². The summed E-state index contributed by atoms with van der Waals surface area (Å²) in [5, 5.41) is 3.28. The van der Waals surface area contributed by atoms with Gasteiger partial charge in [0, 0.05) is 15.6 Å². The van der Waals surface area contributed by atoms with Crippen LogP contribution in [0, 0.1) is 0 Å². The molecule has 23 heavy (non-hydrogen) atoms. The quantitative estimate of drug-likeness (QED) is 0.839. The van der Waals surface area contributed by atoms with Crippen molar-refractivity contribution in [1.29, 1.82) is 0 Å². The van der Waals surface area contributed by atoms with Gasteiger partial charge in [0.1, 0.15) is 13.2 Å². The maximum absolute atomic E-state index is 12.3. The molecule has 0 saturated carbocycles. The van der Waals surface area contributed by atoms with Crippen molar-refractivity contribution >= 4 is 35.0 Å². The Morgan fingerprint density at radius 1 is 1.13 bits per heavy atom. The zero-order valence-corrected chi connectivity index (χ0v) is 14.1. The van der Waals surface area contributed by atoms with Gasteiger partial charge in [0.05, 0.1) is 5.25 Å². The van der Waals surface area contributed by atoms with Crippen LogP contribution in [0.1, 0.15) is 6.92 Å². The number of nitrogens with one attached hydrogen (secondary N) is 1. The molecule has 2 aromatic carbocycles. The fourth-order valence-electron chi connectivity index (χ4n) is 2.13. The highest BCUT2D eigenvalue weighted by atomic mass is 35.5. The standard InChI is InChI=1S/C17H16ClNO3S/c1-11(17(20)19-13-4-2-12(18)3-5-13)23-14-6-7-15-16(10-14)22-9-8-21-15/h2-7,10-11H,8-9H2,1H3,(H,19,20)/t11-/m0/s1. The third-order valence-corrected chi connectivity index (χ3v) is 4.65. The molecule has 0 radical (unpaired) electrons. The number of amides is 1. The van der Waals surface area contributed by atoms with E-state index in [1.165, 1.54) is 11.8 Å². The Hall–Kier alpha value is -1.85. The minimum atomic E-state index is -0.242. The summed E-state index contributed by atoms with van der Waals surface area (Å²) in [5.74, 6) is 1.41. The number of thioether (sulfide) groups is 1. The highest BCUT2D eigenvalue weighted by molar-refractivity contribution is 8.00. The fraction of sp³-hybridized carbons (Fsp3) is 0.235. The molecule has 4 nitrogen and oxygen atoms in total. The highest BCUT2D eigenvalue weighted by Gasteiger charge is 2.17. The molecule has 0 spiro atoms. The molecule has 1 amide bonds. The van der Waals surface area contributed by atoms with Crippen LogP contribution in [0.25, 0.3) is 0 Å². The second-order valence-corrected chi connectivity index (χ2v) is 6.91. The topological polar surface area (TPSA) is 47.6 Å². The number of anilines is 1. The Kier molecular flexibility index (Phi) is 4.98. The molecule has 120 valence electrons. The molecular weight excluding hydrogens is 334 g/mol. The van der Waals surface area contributed by atoms with E-state index in [-0.39, 0.29) is 11.2 Å². The van der Waals surface area contributed by atoms with Gasteiger partial charge in [-0.1, -0.05) is 11.6 Å². The van der Waals surface area contributed by atoms with E-state index in [2.05, 4.69) is 5.32 Å². The number of rotatable bonds is 4. The Labute approximate surface area is 144 Å². The smallest absolute Gasteiger partial charge is 0.237 e. The second kappa shape index (κ2) is 7.15. The lowest BCUT2D eigenvalue weighted by molar-refractivity contribution is -0.115. The maximum Gasteiger partial charge on any atom is 0.237 e. The molecule has 1 atom stereocenters. The van der Waals surface area contributed by atoms with Gasteiger partial charge in [0.2, 0.25) is 5.91 Å². The van der Waals surface area contributed by atoms with E-state index in [0.717, 1.165) is 22.1 Å². The van der Waals surface area contributed by atoms with Crippen LogP contribution in [0.5, 0.6) is 11.5 Å². The van der Waals surface area contributed by atoms with Gasteiger partial charge in [0.15, 0.2) is 11.5 Å². The number of hydrogen-bond acceptors (Lipinski definition) is 4.